The van der Waals surface area contributed by atoms with Crippen LogP contribution in [0.15, 0.2) is 54.6 Å². The minimum absolute atomic E-state index is 0.0454. The van der Waals surface area contributed by atoms with E-state index in [1.807, 2.05) is 61.2 Å². The van der Waals surface area contributed by atoms with Gasteiger partial charge in [0.15, 0.2) is 9.84 Å². The highest BCUT2D eigenvalue weighted by Gasteiger charge is 2.32. The van der Waals surface area contributed by atoms with Gasteiger partial charge in [0.05, 0.1) is 17.9 Å². The van der Waals surface area contributed by atoms with E-state index in [0.29, 0.717) is 18.8 Å². The Labute approximate surface area is 183 Å². The summed E-state index contributed by atoms with van der Waals surface area (Å²) >= 11 is 0. The number of sulfone groups is 1. The lowest BCUT2D eigenvalue weighted by Crippen LogP contribution is -2.46. The standard InChI is InChI=1S/C23H29N3O4S/c1-17(2)24-21(27)16-18-8-10-20(11-9-18)25-23(28)22(19-6-4-3-5-7-19)26-12-14-31(29,30)15-13-26/h3-11,17,22H,12-16H2,1-2H3,(H,24,27)(H,25,28). The number of benzene rings is 2. The molecule has 0 aromatic heterocycles. The maximum Gasteiger partial charge on any atom is 0.246 e. The largest absolute Gasteiger partial charge is 0.354 e. The lowest BCUT2D eigenvalue weighted by Gasteiger charge is -2.33. The van der Waals surface area contributed by atoms with Gasteiger partial charge in [0.25, 0.3) is 0 Å². The monoisotopic (exact) mass is 443 g/mol. The predicted octanol–water partition coefficient (Wildman–Crippen LogP) is 2.16. The molecule has 8 heteroatoms. The number of nitrogens with zero attached hydrogens (tertiary/aromatic N) is 1. The summed E-state index contributed by atoms with van der Waals surface area (Å²) in [7, 11) is -3.04. The number of carbonyl (C=O) groups is 2. The highest BCUT2D eigenvalue weighted by molar-refractivity contribution is 7.91. The zero-order chi connectivity index (χ0) is 22.4. The molecule has 1 saturated heterocycles. The van der Waals surface area contributed by atoms with Crippen molar-refractivity contribution in [2.75, 3.05) is 29.9 Å². The summed E-state index contributed by atoms with van der Waals surface area (Å²) in [6.45, 7) is 4.47. The smallest absolute Gasteiger partial charge is 0.246 e. The van der Waals surface area contributed by atoms with Gasteiger partial charge in [-0.1, -0.05) is 42.5 Å². The Balaban J connectivity index is 1.71. The summed E-state index contributed by atoms with van der Waals surface area (Å²) in [6.07, 6.45) is 0.279. The first-order valence-corrected chi connectivity index (χ1v) is 12.2. The van der Waals surface area contributed by atoms with Crippen molar-refractivity contribution < 1.29 is 18.0 Å². The van der Waals surface area contributed by atoms with E-state index in [1.165, 1.54) is 0 Å². The topological polar surface area (TPSA) is 95.6 Å². The van der Waals surface area contributed by atoms with Gasteiger partial charge in [-0.2, -0.15) is 0 Å². The van der Waals surface area contributed by atoms with Gasteiger partial charge < -0.3 is 10.6 Å². The summed E-state index contributed by atoms with van der Waals surface area (Å²) in [5.74, 6) is -0.153. The van der Waals surface area contributed by atoms with Crippen LogP contribution in [0.3, 0.4) is 0 Å². The Morgan fingerprint density at radius 3 is 2.16 bits per heavy atom. The fourth-order valence-corrected chi connectivity index (χ4v) is 4.85. The quantitative estimate of drug-likeness (QED) is 0.684. The van der Waals surface area contributed by atoms with Gasteiger partial charge in [-0.05, 0) is 37.1 Å². The molecule has 0 spiro atoms. The highest BCUT2D eigenvalue weighted by atomic mass is 32.2. The van der Waals surface area contributed by atoms with Gasteiger partial charge in [0.1, 0.15) is 6.04 Å². The van der Waals surface area contributed by atoms with Crippen LogP contribution in [0.1, 0.15) is 31.0 Å². The summed E-state index contributed by atoms with van der Waals surface area (Å²) in [6, 6.07) is 16.1. The molecule has 1 atom stereocenters. The number of hydrogen-bond acceptors (Lipinski definition) is 5. The number of rotatable bonds is 7. The van der Waals surface area contributed by atoms with Crippen LogP contribution in [-0.4, -0.2) is 55.8 Å². The normalized spacial score (nSPS) is 17.1. The molecule has 1 unspecified atom stereocenters. The van der Waals surface area contributed by atoms with Crippen molar-refractivity contribution in [2.45, 2.75) is 32.4 Å². The second kappa shape index (κ2) is 10.1. The summed E-state index contributed by atoms with van der Waals surface area (Å²) < 4.78 is 23.7. The van der Waals surface area contributed by atoms with Crippen molar-refractivity contribution in [3.8, 4) is 0 Å². The van der Waals surface area contributed by atoms with Crippen LogP contribution in [0, 0.1) is 0 Å². The molecule has 2 N–H and O–H groups in total. The third-order valence-corrected chi connectivity index (χ3v) is 6.75. The molecule has 2 aromatic rings. The van der Waals surface area contributed by atoms with Crippen LogP contribution in [0.4, 0.5) is 5.69 Å². The zero-order valence-corrected chi connectivity index (χ0v) is 18.7. The van der Waals surface area contributed by atoms with Crippen molar-refractivity contribution in [2.24, 2.45) is 0 Å². The van der Waals surface area contributed by atoms with Crippen LogP contribution >= 0.6 is 0 Å². The molecule has 166 valence electrons. The van der Waals surface area contributed by atoms with E-state index in [9.17, 15) is 18.0 Å². The lowest BCUT2D eigenvalue weighted by atomic mass is 10.0. The van der Waals surface area contributed by atoms with Crippen molar-refractivity contribution in [1.82, 2.24) is 10.2 Å². The maximum atomic E-state index is 13.2. The van der Waals surface area contributed by atoms with Crippen LogP contribution in [0.2, 0.25) is 0 Å². The predicted molar refractivity (Wildman–Crippen MR) is 121 cm³/mol. The first-order valence-electron chi connectivity index (χ1n) is 10.4. The molecule has 0 saturated carbocycles. The average molecular weight is 444 g/mol. The van der Waals surface area contributed by atoms with E-state index in [1.54, 1.807) is 12.1 Å². The molecule has 7 nitrogen and oxygen atoms in total. The number of carbonyl (C=O) groups excluding carboxylic acids is 2. The van der Waals surface area contributed by atoms with Crippen molar-refractivity contribution in [3.05, 3.63) is 65.7 Å². The van der Waals surface area contributed by atoms with Crippen LogP contribution < -0.4 is 10.6 Å². The molecule has 3 rings (SSSR count). The number of anilines is 1. The van der Waals surface area contributed by atoms with E-state index >= 15 is 0 Å². The van der Waals surface area contributed by atoms with E-state index in [0.717, 1.165) is 11.1 Å². The highest BCUT2D eigenvalue weighted by Crippen LogP contribution is 2.25. The molecule has 2 amide bonds. The second-order valence-corrected chi connectivity index (χ2v) is 10.4. The minimum atomic E-state index is -3.04. The maximum absolute atomic E-state index is 13.2. The van der Waals surface area contributed by atoms with Crippen LogP contribution in [0.25, 0.3) is 0 Å². The van der Waals surface area contributed by atoms with Gasteiger partial charge in [-0.15, -0.1) is 0 Å². The average Bonchev–Trinajstić information content (AvgIpc) is 2.71. The molecular weight excluding hydrogens is 414 g/mol. The fourth-order valence-electron chi connectivity index (χ4n) is 3.62. The summed E-state index contributed by atoms with van der Waals surface area (Å²) in [5, 5.41) is 5.80. The third kappa shape index (κ3) is 6.63. The number of nitrogens with one attached hydrogen (secondary N) is 2. The van der Waals surface area contributed by atoms with Crippen LogP contribution in [-0.2, 0) is 25.8 Å². The van der Waals surface area contributed by atoms with E-state index in [-0.39, 0.29) is 35.8 Å². The molecule has 1 fully saturated rings. The first kappa shape index (κ1) is 23.0. The van der Waals surface area contributed by atoms with Gasteiger partial charge in [-0.25, -0.2) is 8.42 Å². The molecule has 2 aromatic carbocycles. The molecule has 1 heterocycles. The molecule has 31 heavy (non-hydrogen) atoms. The van der Waals surface area contributed by atoms with E-state index < -0.39 is 15.9 Å². The Kier molecular flexibility index (Phi) is 7.46. The molecule has 0 aliphatic carbocycles. The Bertz CT molecular complexity index is 991. The fraction of sp³-hybridized carbons (Fsp3) is 0.391. The first-order chi connectivity index (χ1) is 14.7. The van der Waals surface area contributed by atoms with Gasteiger partial charge in [-0.3, -0.25) is 14.5 Å². The molecule has 0 radical (unpaired) electrons. The molecule has 1 aliphatic heterocycles. The Morgan fingerprint density at radius 1 is 0.968 bits per heavy atom. The minimum Gasteiger partial charge on any atom is -0.354 e. The van der Waals surface area contributed by atoms with Crippen molar-refractivity contribution in [1.29, 1.82) is 0 Å². The second-order valence-electron chi connectivity index (χ2n) is 8.09. The van der Waals surface area contributed by atoms with Gasteiger partial charge >= 0.3 is 0 Å². The number of hydrogen-bond donors (Lipinski definition) is 2. The molecule has 1 aliphatic rings. The van der Waals surface area contributed by atoms with Crippen molar-refractivity contribution >= 4 is 27.3 Å². The summed E-state index contributed by atoms with van der Waals surface area (Å²) in [5.41, 5.74) is 2.31. The number of amides is 2. The molecular formula is C23H29N3O4S. The van der Waals surface area contributed by atoms with E-state index in [2.05, 4.69) is 10.6 Å². The zero-order valence-electron chi connectivity index (χ0n) is 17.9. The van der Waals surface area contributed by atoms with Crippen LogP contribution in [0.5, 0.6) is 0 Å². The van der Waals surface area contributed by atoms with Crippen molar-refractivity contribution in [3.63, 3.8) is 0 Å². The van der Waals surface area contributed by atoms with Gasteiger partial charge in [0, 0.05) is 24.8 Å². The SMILES string of the molecule is CC(C)NC(=O)Cc1ccc(NC(=O)C(c2ccccc2)N2CCS(=O)(=O)CC2)cc1. The Morgan fingerprint density at radius 2 is 1.58 bits per heavy atom. The van der Waals surface area contributed by atoms with E-state index in [4.69, 9.17) is 0 Å². The van der Waals surface area contributed by atoms with Gasteiger partial charge in [0.2, 0.25) is 11.8 Å². The lowest BCUT2D eigenvalue weighted by molar-refractivity contribution is -0.122. The summed E-state index contributed by atoms with van der Waals surface area (Å²) in [4.78, 5) is 27.0. The third-order valence-electron chi connectivity index (χ3n) is 5.14. The molecule has 0 bridgehead atoms. The Hall–Kier alpha value is -2.71.